The Hall–Kier alpha value is -3.59. The number of anilines is 1. The molecule has 7 nitrogen and oxygen atoms in total. The number of ether oxygens (including phenoxy) is 1. The molecular formula is C22H19FN4O3S. The molecule has 2 heterocycles. The van der Waals surface area contributed by atoms with Gasteiger partial charge in [-0.2, -0.15) is 0 Å². The summed E-state index contributed by atoms with van der Waals surface area (Å²) in [4.78, 5) is 12.5. The van der Waals surface area contributed by atoms with Gasteiger partial charge in [0, 0.05) is 5.69 Å². The number of hydrogen-bond acceptors (Lipinski definition) is 6. The normalized spacial score (nSPS) is 10.8. The molecule has 1 amide bonds. The minimum Gasteiger partial charge on any atom is -0.495 e. The van der Waals surface area contributed by atoms with E-state index in [9.17, 15) is 9.18 Å². The number of hydrogen-bond donors (Lipinski definition) is 1. The standard InChI is InChI=1S/C22H19FN4O3S/c1-14-17(11-12-30-14)21-25-26-22(27(21)16-9-7-15(23)8-10-16)31-13-20(28)24-18-5-3-4-6-19(18)29-2/h3-12H,13H2,1-2H3,(H,24,28). The zero-order valence-corrected chi connectivity index (χ0v) is 17.6. The lowest BCUT2D eigenvalue weighted by molar-refractivity contribution is -0.113. The topological polar surface area (TPSA) is 82.2 Å². The van der Waals surface area contributed by atoms with Crippen molar-refractivity contribution in [3.05, 3.63) is 72.4 Å². The van der Waals surface area contributed by atoms with Gasteiger partial charge in [0.05, 0.1) is 30.4 Å². The van der Waals surface area contributed by atoms with Gasteiger partial charge in [-0.25, -0.2) is 4.39 Å². The Bertz CT molecular complexity index is 1200. The van der Waals surface area contributed by atoms with Crippen LogP contribution in [-0.4, -0.2) is 33.5 Å². The second-order valence-electron chi connectivity index (χ2n) is 6.55. The van der Waals surface area contributed by atoms with Gasteiger partial charge >= 0.3 is 0 Å². The van der Waals surface area contributed by atoms with Crippen molar-refractivity contribution >= 4 is 23.4 Å². The lowest BCUT2D eigenvalue weighted by atomic mass is 10.2. The first-order valence-corrected chi connectivity index (χ1v) is 10.4. The molecule has 0 atom stereocenters. The predicted molar refractivity (Wildman–Crippen MR) is 116 cm³/mol. The molecule has 158 valence electrons. The summed E-state index contributed by atoms with van der Waals surface area (Å²) in [6.45, 7) is 1.83. The maximum Gasteiger partial charge on any atom is 0.234 e. The molecular weight excluding hydrogens is 419 g/mol. The Balaban J connectivity index is 1.59. The zero-order valence-electron chi connectivity index (χ0n) is 16.8. The van der Waals surface area contributed by atoms with Crippen molar-refractivity contribution in [3.63, 3.8) is 0 Å². The molecule has 0 saturated heterocycles. The van der Waals surface area contributed by atoms with E-state index in [1.165, 1.54) is 23.9 Å². The van der Waals surface area contributed by atoms with Crippen molar-refractivity contribution in [2.24, 2.45) is 0 Å². The van der Waals surface area contributed by atoms with Crippen LogP contribution in [0.3, 0.4) is 0 Å². The molecule has 0 saturated carbocycles. The minimum absolute atomic E-state index is 0.0990. The van der Waals surface area contributed by atoms with Gasteiger partial charge in [0.15, 0.2) is 11.0 Å². The Labute approximate surface area is 182 Å². The first kappa shape index (κ1) is 20.7. The fourth-order valence-electron chi connectivity index (χ4n) is 3.04. The van der Waals surface area contributed by atoms with Gasteiger partial charge in [0.25, 0.3) is 0 Å². The Kier molecular flexibility index (Phi) is 6.03. The van der Waals surface area contributed by atoms with E-state index in [1.54, 1.807) is 48.3 Å². The number of benzene rings is 2. The van der Waals surface area contributed by atoms with Crippen LogP contribution < -0.4 is 10.1 Å². The summed E-state index contributed by atoms with van der Waals surface area (Å²) in [6.07, 6.45) is 1.57. The molecule has 0 aliphatic heterocycles. The summed E-state index contributed by atoms with van der Waals surface area (Å²) in [7, 11) is 1.55. The van der Waals surface area contributed by atoms with Crippen molar-refractivity contribution in [1.82, 2.24) is 14.8 Å². The van der Waals surface area contributed by atoms with Gasteiger partial charge in [-0.3, -0.25) is 9.36 Å². The summed E-state index contributed by atoms with van der Waals surface area (Å²) in [5.74, 6) is 1.34. The molecule has 1 N–H and O–H groups in total. The molecule has 2 aromatic carbocycles. The average molecular weight is 438 g/mol. The van der Waals surface area contributed by atoms with Crippen LogP contribution in [0.15, 0.2) is 70.4 Å². The van der Waals surface area contributed by atoms with Crippen molar-refractivity contribution in [2.45, 2.75) is 12.1 Å². The number of aromatic nitrogens is 3. The second kappa shape index (κ2) is 9.05. The average Bonchev–Trinajstić information content (AvgIpc) is 3.39. The third-order valence-corrected chi connectivity index (χ3v) is 5.46. The van der Waals surface area contributed by atoms with Crippen LogP contribution in [0.25, 0.3) is 17.1 Å². The van der Waals surface area contributed by atoms with E-state index in [0.29, 0.717) is 33.9 Å². The van der Waals surface area contributed by atoms with Crippen molar-refractivity contribution in [1.29, 1.82) is 0 Å². The molecule has 0 radical (unpaired) electrons. The highest BCUT2D eigenvalue weighted by atomic mass is 32.2. The van der Waals surface area contributed by atoms with E-state index >= 15 is 0 Å². The molecule has 0 unspecified atom stereocenters. The Morgan fingerprint density at radius 2 is 1.94 bits per heavy atom. The summed E-state index contributed by atoms with van der Waals surface area (Å²) in [5, 5.41) is 11.9. The van der Waals surface area contributed by atoms with Crippen molar-refractivity contribution in [3.8, 4) is 22.8 Å². The maximum atomic E-state index is 13.5. The number of amides is 1. The molecule has 31 heavy (non-hydrogen) atoms. The van der Waals surface area contributed by atoms with Crippen LogP contribution in [0.1, 0.15) is 5.76 Å². The first-order chi connectivity index (χ1) is 15.1. The first-order valence-electron chi connectivity index (χ1n) is 9.38. The molecule has 0 spiro atoms. The second-order valence-corrected chi connectivity index (χ2v) is 7.49. The van der Waals surface area contributed by atoms with Gasteiger partial charge in [-0.05, 0) is 49.4 Å². The van der Waals surface area contributed by atoms with Gasteiger partial charge in [-0.1, -0.05) is 23.9 Å². The summed E-state index contributed by atoms with van der Waals surface area (Å²) in [5.41, 5.74) is 2.03. The van der Waals surface area contributed by atoms with Crippen LogP contribution in [0.5, 0.6) is 5.75 Å². The number of nitrogens with zero attached hydrogens (tertiary/aromatic N) is 3. The summed E-state index contributed by atoms with van der Waals surface area (Å²) in [6, 6.07) is 15.0. The molecule has 0 bridgehead atoms. The fourth-order valence-corrected chi connectivity index (χ4v) is 3.79. The molecule has 9 heteroatoms. The van der Waals surface area contributed by atoms with Crippen molar-refractivity contribution < 1.29 is 18.3 Å². The third-order valence-electron chi connectivity index (χ3n) is 4.53. The molecule has 0 aliphatic rings. The van der Waals surface area contributed by atoms with E-state index in [-0.39, 0.29) is 17.5 Å². The van der Waals surface area contributed by atoms with Crippen LogP contribution in [-0.2, 0) is 4.79 Å². The lowest BCUT2D eigenvalue weighted by Crippen LogP contribution is -2.15. The number of aryl methyl sites for hydroxylation is 1. The maximum absolute atomic E-state index is 13.5. The molecule has 0 aliphatic carbocycles. The zero-order chi connectivity index (χ0) is 21.8. The minimum atomic E-state index is -0.344. The fraction of sp³-hybridized carbons (Fsp3) is 0.136. The highest BCUT2D eigenvalue weighted by Gasteiger charge is 2.20. The van der Waals surface area contributed by atoms with Gasteiger partial charge in [0.1, 0.15) is 17.3 Å². The number of methoxy groups -OCH3 is 1. The number of thioether (sulfide) groups is 1. The van der Waals surface area contributed by atoms with Crippen LogP contribution >= 0.6 is 11.8 Å². The smallest absolute Gasteiger partial charge is 0.234 e. The number of carbonyl (C=O) groups is 1. The van der Waals surface area contributed by atoms with Crippen LogP contribution in [0, 0.1) is 12.7 Å². The molecule has 0 fully saturated rings. The summed E-state index contributed by atoms with van der Waals surface area (Å²) < 4.78 is 25.9. The van der Waals surface area contributed by atoms with E-state index in [2.05, 4.69) is 15.5 Å². The summed E-state index contributed by atoms with van der Waals surface area (Å²) >= 11 is 1.22. The van der Waals surface area contributed by atoms with Gasteiger partial charge in [0.2, 0.25) is 5.91 Å². The highest BCUT2D eigenvalue weighted by molar-refractivity contribution is 7.99. The lowest BCUT2D eigenvalue weighted by Gasteiger charge is -2.11. The third kappa shape index (κ3) is 4.46. The monoisotopic (exact) mass is 438 g/mol. The molecule has 4 rings (SSSR count). The SMILES string of the molecule is COc1ccccc1NC(=O)CSc1nnc(-c2ccoc2C)n1-c1ccc(F)cc1. The molecule has 4 aromatic rings. The number of carbonyl (C=O) groups excluding carboxylic acids is 1. The van der Waals surface area contributed by atoms with Gasteiger partial charge < -0.3 is 14.5 Å². The number of nitrogens with one attached hydrogen (secondary N) is 1. The Morgan fingerprint density at radius 1 is 1.16 bits per heavy atom. The number of halogens is 1. The van der Waals surface area contributed by atoms with Gasteiger partial charge in [-0.15, -0.1) is 10.2 Å². The van der Waals surface area contributed by atoms with Crippen LogP contribution in [0.4, 0.5) is 10.1 Å². The van der Waals surface area contributed by atoms with E-state index in [4.69, 9.17) is 9.15 Å². The highest BCUT2D eigenvalue weighted by Crippen LogP contribution is 2.30. The van der Waals surface area contributed by atoms with Crippen LogP contribution in [0.2, 0.25) is 0 Å². The van der Waals surface area contributed by atoms with E-state index in [0.717, 1.165) is 5.56 Å². The van der Waals surface area contributed by atoms with E-state index < -0.39 is 0 Å². The number of furan rings is 1. The Morgan fingerprint density at radius 3 is 2.65 bits per heavy atom. The number of para-hydroxylation sites is 2. The largest absolute Gasteiger partial charge is 0.495 e. The number of rotatable bonds is 7. The van der Waals surface area contributed by atoms with Crippen molar-refractivity contribution in [2.75, 3.05) is 18.2 Å². The molecule has 2 aromatic heterocycles. The predicted octanol–water partition coefficient (Wildman–Crippen LogP) is 4.71. The van der Waals surface area contributed by atoms with E-state index in [1.807, 2.05) is 19.1 Å². The quantitative estimate of drug-likeness (QED) is 0.421.